The van der Waals surface area contributed by atoms with Crippen LogP contribution >= 0.6 is 0 Å². The number of unbranched alkanes of at least 4 members (excludes halogenated alkanes) is 1. The summed E-state index contributed by atoms with van der Waals surface area (Å²) in [5.41, 5.74) is 3.53. The summed E-state index contributed by atoms with van der Waals surface area (Å²) in [4.78, 5) is 9.66. The van der Waals surface area contributed by atoms with Gasteiger partial charge in [0.05, 0.1) is 0 Å². The largest absolute Gasteiger partial charge is 0.361 e. The van der Waals surface area contributed by atoms with Crippen LogP contribution in [0.4, 0.5) is 4.39 Å². The molecule has 0 unspecified atom stereocenters. The summed E-state index contributed by atoms with van der Waals surface area (Å²) >= 11 is 0. The van der Waals surface area contributed by atoms with Gasteiger partial charge < -0.3 is 10.3 Å². The molecule has 0 saturated heterocycles. The number of nitrogens with one attached hydrogen (secondary N) is 2. The van der Waals surface area contributed by atoms with Gasteiger partial charge in [0.2, 0.25) is 5.95 Å². The number of hydrogen-bond donors (Lipinski definition) is 2. The molecule has 1 aliphatic carbocycles. The Morgan fingerprint density at radius 2 is 1.90 bits per heavy atom. The minimum atomic E-state index is -0.421. The van der Waals surface area contributed by atoms with Gasteiger partial charge in [0, 0.05) is 42.4 Å². The van der Waals surface area contributed by atoms with Crippen LogP contribution in [0.25, 0.3) is 10.9 Å². The standard InChI is InChI=1S/C25H33FN4/c26-25-13-12-20(16-29-25)18-30(15-7-6-14-27-22-8-2-1-3-9-22)19-21-17-28-24-11-5-4-10-23(21)24/h4-5,10-13,16-17,22,27-28H,1-3,6-9,14-15,18-19H2. The van der Waals surface area contributed by atoms with Crippen LogP contribution in [0.5, 0.6) is 0 Å². The average Bonchev–Trinajstić information content (AvgIpc) is 3.18. The third-order valence-electron chi connectivity index (χ3n) is 6.20. The minimum absolute atomic E-state index is 0.421. The van der Waals surface area contributed by atoms with Crippen molar-refractivity contribution in [3.05, 3.63) is 65.9 Å². The van der Waals surface area contributed by atoms with Crippen LogP contribution in [0.3, 0.4) is 0 Å². The maximum atomic E-state index is 13.2. The van der Waals surface area contributed by atoms with Crippen LogP contribution in [-0.4, -0.2) is 34.0 Å². The van der Waals surface area contributed by atoms with E-state index < -0.39 is 5.95 Å². The first kappa shape index (κ1) is 21.0. The van der Waals surface area contributed by atoms with E-state index in [0.29, 0.717) is 0 Å². The smallest absolute Gasteiger partial charge is 0.212 e. The van der Waals surface area contributed by atoms with E-state index in [2.05, 4.69) is 50.6 Å². The van der Waals surface area contributed by atoms with Gasteiger partial charge in [0.1, 0.15) is 0 Å². The molecule has 0 aliphatic heterocycles. The lowest BCUT2D eigenvalue weighted by molar-refractivity contribution is 0.250. The van der Waals surface area contributed by atoms with Crippen LogP contribution in [0.1, 0.15) is 56.1 Å². The molecule has 1 fully saturated rings. The second kappa shape index (κ2) is 10.7. The first-order valence-corrected chi connectivity index (χ1v) is 11.4. The topological polar surface area (TPSA) is 44.0 Å². The van der Waals surface area contributed by atoms with Crippen molar-refractivity contribution in [2.24, 2.45) is 0 Å². The van der Waals surface area contributed by atoms with Crippen molar-refractivity contribution in [2.75, 3.05) is 13.1 Å². The number of fused-ring (bicyclic) bond motifs is 1. The highest BCUT2D eigenvalue weighted by atomic mass is 19.1. The summed E-state index contributed by atoms with van der Waals surface area (Å²) < 4.78 is 13.2. The van der Waals surface area contributed by atoms with E-state index in [1.54, 1.807) is 6.20 Å². The highest BCUT2D eigenvalue weighted by Gasteiger charge is 2.13. The van der Waals surface area contributed by atoms with E-state index in [9.17, 15) is 4.39 Å². The minimum Gasteiger partial charge on any atom is -0.361 e. The molecule has 2 aromatic heterocycles. The summed E-state index contributed by atoms with van der Waals surface area (Å²) in [6.07, 6.45) is 12.9. The van der Waals surface area contributed by atoms with Crippen LogP contribution < -0.4 is 5.32 Å². The maximum Gasteiger partial charge on any atom is 0.212 e. The molecule has 5 heteroatoms. The highest BCUT2D eigenvalue weighted by Crippen LogP contribution is 2.21. The number of aromatic amines is 1. The second-order valence-electron chi connectivity index (χ2n) is 8.56. The molecule has 4 rings (SSSR count). The molecule has 0 atom stereocenters. The van der Waals surface area contributed by atoms with Crippen LogP contribution in [0.2, 0.25) is 0 Å². The maximum absolute atomic E-state index is 13.2. The molecule has 0 bridgehead atoms. The third-order valence-corrected chi connectivity index (χ3v) is 6.20. The van der Waals surface area contributed by atoms with Crippen LogP contribution in [0.15, 0.2) is 48.8 Å². The van der Waals surface area contributed by atoms with Gasteiger partial charge in [-0.3, -0.25) is 4.90 Å². The number of rotatable bonds is 10. The lowest BCUT2D eigenvalue weighted by atomic mass is 9.95. The number of nitrogens with zero attached hydrogens (tertiary/aromatic N) is 2. The van der Waals surface area contributed by atoms with Gasteiger partial charge in [-0.25, -0.2) is 4.98 Å². The Morgan fingerprint density at radius 1 is 1.03 bits per heavy atom. The van der Waals surface area contributed by atoms with Crippen molar-refractivity contribution in [2.45, 2.75) is 64.1 Å². The predicted molar refractivity (Wildman–Crippen MR) is 121 cm³/mol. The second-order valence-corrected chi connectivity index (χ2v) is 8.56. The highest BCUT2D eigenvalue weighted by molar-refractivity contribution is 5.82. The molecule has 30 heavy (non-hydrogen) atoms. The molecule has 1 saturated carbocycles. The molecule has 0 spiro atoms. The van der Waals surface area contributed by atoms with Crippen molar-refractivity contribution in [3.8, 4) is 0 Å². The Hall–Kier alpha value is -2.24. The van der Waals surface area contributed by atoms with E-state index in [0.717, 1.165) is 44.2 Å². The van der Waals surface area contributed by atoms with Crippen molar-refractivity contribution in [3.63, 3.8) is 0 Å². The molecule has 0 radical (unpaired) electrons. The Bertz CT molecular complexity index is 899. The molecular formula is C25H33FN4. The van der Waals surface area contributed by atoms with Gasteiger partial charge in [-0.2, -0.15) is 4.39 Å². The first-order valence-electron chi connectivity index (χ1n) is 11.4. The van der Waals surface area contributed by atoms with Crippen LogP contribution in [0, 0.1) is 5.95 Å². The summed E-state index contributed by atoms with van der Waals surface area (Å²) in [5.74, 6) is -0.421. The lowest BCUT2D eigenvalue weighted by Crippen LogP contribution is -2.32. The SMILES string of the molecule is Fc1ccc(CN(CCCCNC2CCCCC2)Cc2c[nH]c3ccccc23)cn1. The van der Waals surface area contributed by atoms with Gasteiger partial charge in [0.25, 0.3) is 0 Å². The summed E-state index contributed by atoms with van der Waals surface area (Å²) in [7, 11) is 0. The Morgan fingerprint density at radius 3 is 2.73 bits per heavy atom. The fourth-order valence-electron chi connectivity index (χ4n) is 4.55. The molecule has 2 N–H and O–H groups in total. The van der Waals surface area contributed by atoms with Crippen molar-refractivity contribution in [1.82, 2.24) is 20.2 Å². The van der Waals surface area contributed by atoms with Crippen molar-refractivity contribution in [1.29, 1.82) is 0 Å². The van der Waals surface area contributed by atoms with Crippen LogP contribution in [-0.2, 0) is 13.1 Å². The van der Waals surface area contributed by atoms with Gasteiger partial charge in [-0.1, -0.05) is 43.5 Å². The number of pyridine rings is 1. The first-order chi connectivity index (χ1) is 14.8. The molecule has 160 valence electrons. The van der Waals surface area contributed by atoms with Gasteiger partial charge in [-0.15, -0.1) is 0 Å². The summed E-state index contributed by atoms with van der Waals surface area (Å²) in [6.45, 7) is 3.77. The van der Waals surface area contributed by atoms with E-state index in [1.807, 2.05) is 6.07 Å². The fraction of sp³-hybridized carbons (Fsp3) is 0.480. The third kappa shape index (κ3) is 5.89. The zero-order valence-corrected chi connectivity index (χ0v) is 17.7. The number of hydrogen-bond acceptors (Lipinski definition) is 3. The number of aromatic nitrogens is 2. The normalized spacial score (nSPS) is 15.3. The monoisotopic (exact) mass is 408 g/mol. The molecule has 3 aromatic rings. The van der Waals surface area contributed by atoms with Gasteiger partial charge in [-0.05, 0) is 62.0 Å². The van der Waals surface area contributed by atoms with Gasteiger partial charge in [0.15, 0.2) is 0 Å². The number of halogens is 1. The van der Waals surface area contributed by atoms with E-state index >= 15 is 0 Å². The zero-order valence-electron chi connectivity index (χ0n) is 17.7. The van der Waals surface area contributed by atoms with Gasteiger partial charge >= 0.3 is 0 Å². The molecule has 2 heterocycles. The molecular weight excluding hydrogens is 375 g/mol. The average molecular weight is 409 g/mol. The van der Waals surface area contributed by atoms with E-state index in [1.165, 1.54) is 61.1 Å². The Kier molecular flexibility index (Phi) is 7.49. The molecule has 0 amide bonds. The molecule has 1 aromatic carbocycles. The Labute approximate surface area is 178 Å². The van der Waals surface area contributed by atoms with E-state index in [-0.39, 0.29) is 0 Å². The summed E-state index contributed by atoms with van der Waals surface area (Å²) in [6, 6.07) is 12.5. The van der Waals surface area contributed by atoms with Crippen molar-refractivity contribution < 1.29 is 4.39 Å². The predicted octanol–water partition coefficient (Wildman–Crippen LogP) is 5.41. The number of benzene rings is 1. The number of para-hydroxylation sites is 1. The summed E-state index contributed by atoms with van der Waals surface area (Å²) in [5, 5.41) is 5.02. The quantitative estimate of drug-likeness (QED) is 0.348. The van der Waals surface area contributed by atoms with E-state index in [4.69, 9.17) is 0 Å². The number of H-pyrrole nitrogens is 1. The lowest BCUT2D eigenvalue weighted by Gasteiger charge is -2.24. The fourth-order valence-corrected chi connectivity index (χ4v) is 4.55. The molecule has 1 aliphatic rings. The van der Waals surface area contributed by atoms with Crippen molar-refractivity contribution >= 4 is 10.9 Å². The molecule has 4 nitrogen and oxygen atoms in total. The zero-order chi connectivity index (χ0) is 20.6. The Balaban J connectivity index is 1.33.